The first-order valence-corrected chi connectivity index (χ1v) is 2.51. The van der Waals surface area contributed by atoms with E-state index < -0.39 is 5.85 Å². The van der Waals surface area contributed by atoms with Crippen LogP contribution < -0.4 is 10.6 Å². The Morgan fingerprint density at radius 1 is 1.75 bits per heavy atom. The number of hydrogen-bond acceptors (Lipinski definition) is 3. The zero-order valence-corrected chi connectivity index (χ0v) is 4.23. The van der Waals surface area contributed by atoms with Crippen LogP contribution in [0.15, 0.2) is 0 Å². The third kappa shape index (κ3) is 0.439. The normalized spacial score (nSPS) is 42.8. The highest BCUT2D eigenvalue weighted by atomic mass is 16.6. The van der Waals surface area contributed by atoms with Crippen molar-refractivity contribution in [2.75, 3.05) is 13.2 Å². The molecule has 4 heteroatoms. The SMILES string of the molecule is O=C1CNC2(CO2)N1. The lowest BCUT2D eigenvalue weighted by molar-refractivity contribution is -0.118. The summed E-state index contributed by atoms with van der Waals surface area (Å²) in [6.07, 6.45) is 0. The van der Waals surface area contributed by atoms with E-state index in [0.717, 1.165) is 0 Å². The van der Waals surface area contributed by atoms with E-state index >= 15 is 0 Å². The molecule has 2 aliphatic rings. The van der Waals surface area contributed by atoms with Gasteiger partial charge < -0.3 is 10.1 Å². The monoisotopic (exact) mass is 114 g/mol. The number of hydrogen-bond donors (Lipinski definition) is 2. The van der Waals surface area contributed by atoms with E-state index in [1.165, 1.54) is 0 Å². The number of amides is 1. The maximum Gasteiger partial charge on any atom is 0.237 e. The number of carbonyl (C=O) groups excluding carboxylic acids is 1. The Labute approximate surface area is 46.2 Å². The summed E-state index contributed by atoms with van der Waals surface area (Å²) in [4.78, 5) is 10.4. The highest BCUT2D eigenvalue weighted by Gasteiger charge is 2.50. The van der Waals surface area contributed by atoms with Crippen molar-refractivity contribution in [3.8, 4) is 0 Å². The molecule has 1 spiro atoms. The molecular formula is C4H6N2O2. The predicted octanol–water partition coefficient (Wildman–Crippen LogP) is -1.61. The van der Waals surface area contributed by atoms with Crippen LogP contribution in [-0.2, 0) is 9.53 Å². The van der Waals surface area contributed by atoms with E-state index in [1.54, 1.807) is 0 Å². The van der Waals surface area contributed by atoms with E-state index in [9.17, 15) is 4.79 Å². The number of nitrogens with one attached hydrogen (secondary N) is 2. The van der Waals surface area contributed by atoms with Crippen LogP contribution in [0.3, 0.4) is 0 Å². The summed E-state index contributed by atoms with van der Waals surface area (Å²) in [5.74, 6) is -0.417. The van der Waals surface area contributed by atoms with E-state index in [1.807, 2.05) is 0 Å². The van der Waals surface area contributed by atoms with Gasteiger partial charge in [-0.3, -0.25) is 10.1 Å². The Morgan fingerprint density at radius 3 is 2.75 bits per heavy atom. The van der Waals surface area contributed by atoms with Gasteiger partial charge in [-0.05, 0) is 0 Å². The molecule has 0 aromatic heterocycles. The van der Waals surface area contributed by atoms with Crippen molar-refractivity contribution < 1.29 is 9.53 Å². The topological polar surface area (TPSA) is 53.7 Å². The van der Waals surface area contributed by atoms with Crippen LogP contribution >= 0.6 is 0 Å². The lowest BCUT2D eigenvalue weighted by Crippen LogP contribution is -2.36. The van der Waals surface area contributed by atoms with E-state index in [0.29, 0.717) is 13.2 Å². The van der Waals surface area contributed by atoms with Gasteiger partial charge in [-0.1, -0.05) is 0 Å². The van der Waals surface area contributed by atoms with Gasteiger partial charge in [0.1, 0.15) is 6.61 Å². The Balaban J connectivity index is 2.13. The van der Waals surface area contributed by atoms with Crippen LogP contribution in [-0.4, -0.2) is 24.9 Å². The van der Waals surface area contributed by atoms with E-state index in [2.05, 4.69) is 10.6 Å². The summed E-state index contributed by atoms with van der Waals surface area (Å²) < 4.78 is 4.88. The van der Waals surface area contributed by atoms with Crippen LogP contribution in [0.2, 0.25) is 0 Å². The van der Waals surface area contributed by atoms with Gasteiger partial charge in [-0.25, -0.2) is 0 Å². The summed E-state index contributed by atoms with van der Waals surface area (Å²) >= 11 is 0. The summed E-state index contributed by atoms with van der Waals surface area (Å²) in [5.41, 5.74) is 0. The lowest BCUT2D eigenvalue weighted by atomic mass is 10.6. The van der Waals surface area contributed by atoms with E-state index in [4.69, 9.17) is 4.74 Å². The molecule has 4 nitrogen and oxygen atoms in total. The third-order valence-corrected chi connectivity index (χ3v) is 1.31. The Bertz CT molecular complexity index is 141. The van der Waals surface area contributed by atoms with Gasteiger partial charge in [-0.15, -0.1) is 0 Å². The number of epoxide rings is 1. The summed E-state index contributed by atoms with van der Waals surface area (Å²) in [5, 5.41) is 5.51. The van der Waals surface area contributed by atoms with Crippen LogP contribution in [0, 0.1) is 0 Å². The van der Waals surface area contributed by atoms with Crippen LogP contribution in [0.5, 0.6) is 0 Å². The molecule has 0 bridgehead atoms. The molecule has 2 heterocycles. The van der Waals surface area contributed by atoms with Gasteiger partial charge in [0, 0.05) is 0 Å². The second-order valence-corrected chi connectivity index (χ2v) is 2.02. The average Bonchev–Trinajstić information content (AvgIpc) is 2.34. The molecule has 2 N–H and O–H groups in total. The first-order valence-electron chi connectivity index (χ1n) is 2.51. The van der Waals surface area contributed by atoms with Crippen molar-refractivity contribution in [1.29, 1.82) is 0 Å². The van der Waals surface area contributed by atoms with Crippen molar-refractivity contribution in [1.82, 2.24) is 10.6 Å². The molecule has 0 radical (unpaired) electrons. The van der Waals surface area contributed by atoms with Crippen molar-refractivity contribution in [3.63, 3.8) is 0 Å². The fourth-order valence-corrected chi connectivity index (χ4v) is 0.783. The molecule has 8 heavy (non-hydrogen) atoms. The fourth-order valence-electron chi connectivity index (χ4n) is 0.783. The zero-order valence-electron chi connectivity index (χ0n) is 4.23. The molecule has 2 saturated heterocycles. The molecule has 0 saturated carbocycles. The molecule has 2 fully saturated rings. The molecule has 44 valence electrons. The Hall–Kier alpha value is -0.610. The van der Waals surface area contributed by atoms with Crippen molar-refractivity contribution in [3.05, 3.63) is 0 Å². The first kappa shape index (κ1) is 4.29. The van der Waals surface area contributed by atoms with Gasteiger partial charge in [0.25, 0.3) is 0 Å². The maximum absolute atomic E-state index is 10.4. The molecule has 1 unspecified atom stereocenters. The van der Waals surface area contributed by atoms with Crippen LogP contribution in [0.25, 0.3) is 0 Å². The van der Waals surface area contributed by atoms with Crippen molar-refractivity contribution >= 4 is 5.91 Å². The van der Waals surface area contributed by atoms with Gasteiger partial charge >= 0.3 is 0 Å². The quantitative estimate of drug-likeness (QED) is 0.372. The minimum Gasteiger partial charge on any atom is -0.334 e. The Kier molecular flexibility index (Phi) is 0.555. The highest BCUT2D eigenvalue weighted by Crippen LogP contribution is 2.21. The van der Waals surface area contributed by atoms with Gasteiger partial charge in [0.05, 0.1) is 6.54 Å². The summed E-state index contributed by atoms with van der Waals surface area (Å²) in [6.45, 7) is 0.999. The molecule has 2 aliphatic heterocycles. The molecule has 0 aromatic rings. The van der Waals surface area contributed by atoms with Gasteiger partial charge in [-0.2, -0.15) is 0 Å². The molecule has 1 amide bonds. The second kappa shape index (κ2) is 1.04. The molecular weight excluding hydrogens is 108 g/mol. The number of carbonyl (C=O) groups is 1. The predicted molar refractivity (Wildman–Crippen MR) is 24.8 cm³/mol. The average molecular weight is 114 g/mol. The largest absolute Gasteiger partial charge is 0.334 e. The van der Waals surface area contributed by atoms with E-state index in [-0.39, 0.29) is 5.91 Å². The molecule has 2 rings (SSSR count). The van der Waals surface area contributed by atoms with Gasteiger partial charge in [0.2, 0.25) is 11.8 Å². The highest BCUT2D eigenvalue weighted by molar-refractivity contribution is 5.81. The van der Waals surface area contributed by atoms with Crippen LogP contribution in [0.4, 0.5) is 0 Å². The van der Waals surface area contributed by atoms with Crippen molar-refractivity contribution in [2.45, 2.75) is 5.85 Å². The summed E-state index contributed by atoms with van der Waals surface area (Å²) in [7, 11) is 0. The number of ether oxygens (including phenoxy) is 1. The number of rotatable bonds is 0. The second-order valence-electron chi connectivity index (χ2n) is 2.02. The smallest absolute Gasteiger partial charge is 0.237 e. The molecule has 0 aliphatic carbocycles. The molecule has 0 aromatic carbocycles. The fraction of sp³-hybridized carbons (Fsp3) is 0.750. The Morgan fingerprint density at radius 2 is 2.50 bits per heavy atom. The summed E-state index contributed by atoms with van der Waals surface area (Å²) in [6, 6.07) is 0. The third-order valence-electron chi connectivity index (χ3n) is 1.31. The lowest BCUT2D eigenvalue weighted by Gasteiger charge is -1.97. The minimum atomic E-state index is -0.433. The zero-order chi connectivity index (χ0) is 5.61. The van der Waals surface area contributed by atoms with Gasteiger partial charge in [0.15, 0.2) is 0 Å². The first-order chi connectivity index (χ1) is 3.81. The van der Waals surface area contributed by atoms with Crippen LogP contribution in [0.1, 0.15) is 0 Å². The molecule has 1 atom stereocenters. The standard InChI is InChI=1S/C4H6N2O2/c7-3-1-5-4(6-3)2-8-4/h5H,1-2H2,(H,6,7). The van der Waals surface area contributed by atoms with Crippen molar-refractivity contribution in [2.24, 2.45) is 0 Å². The maximum atomic E-state index is 10.4. The minimum absolute atomic E-state index is 0.0162.